The normalized spacial score (nSPS) is 12.6. The molecule has 0 aromatic rings. The van der Waals surface area contributed by atoms with Crippen molar-refractivity contribution >= 4 is 19.0 Å². The fourth-order valence-electron chi connectivity index (χ4n) is 1.21. The van der Waals surface area contributed by atoms with E-state index in [0.717, 1.165) is 0 Å². The summed E-state index contributed by atoms with van der Waals surface area (Å²) in [5.74, 6) is 0. The lowest BCUT2D eigenvalue weighted by molar-refractivity contribution is 1.06. The predicted octanol–water partition coefficient (Wildman–Crippen LogP) is 1.82. The molecule has 62 valence electrons. The SMILES string of the molecule is CCC[SiH2]CC[SiH2]CCC. The first-order chi connectivity index (χ1) is 4.91. The van der Waals surface area contributed by atoms with Gasteiger partial charge in [0.2, 0.25) is 0 Å². The summed E-state index contributed by atoms with van der Waals surface area (Å²) in [5, 5.41) is 0. The molecule has 0 aromatic carbocycles. The van der Waals surface area contributed by atoms with Crippen molar-refractivity contribution < 1.29 is 0 Å². The Hall–Kier alpha value is 0.434. The van der Waals surface area contributed by atoms with Gasteiger partial charge in [-0.2, -0.15) is 0 Å². The molecule has 0 aromatic heterocycles. The highest BCUT2D eigenvalue weighted by Crippen LogP contribution is 1.98. The van der Waals surface area contributed by atoms with E-state index in [4.69, 9.17) is 0 Å². The predicted molar refractivity (Wildman–Crippen MR) is 56.9 cm³/mol. The molecule has 0 unspecified atom stereocenters. The van der Waals surface area contributed by atoms with Gasteiger partial charge in [-0.3, -0.25) is 0 Å². The van der Waals surface area contributed by atoms with E-state index in [1.165, 1.54) is 12.8 Å². The van der Waals surface area contributed by atoms with Crippen molar-refractivity contribution in [3.63, 3.8) is 0 Å². The maximum atomic E-state index is 2.32. The summed E-state index contributed by atoms with van der Waals surface area (Å²) in [7, 11) is 0.836. The molecule has 0 saturated carbocycles. The van der Waals surface area contributed by atoms with Gasteiger partial charge in [-0.05, 0) is 0 Å². The third-order valence-electron chi connectivity index (χ3n) is 1.96. The Morgan fingerprint density at radius 3 is 1.40 bits per heavy atom. The Balaban J connectivity index is 2.65. The van der Waals surface area contributed by atoms with E-state index in [1.807, 2.05) is 0 Å². The molecule has 0 radical (unpaired) electrons. The first-order valence-electron chi connectivity index (χ1n) is 4.91. The van der Waals surface area contributed by atoms with Crippen LogP contribution in [-0.2, 0) is 0 Å². The molecule has 0 nitrogen and oxygen atoms in total. The Morgan fingerprint density at radius 1 is 0.700 bits per heavy atom. The Labute approximate surface area is 70.4 Å². The molecular formula is C8H22Si2. The van der Waals surface area contributed by atoms with Crippen LogP contribution in [0.5, 0.6) is 0 Å². The monoisotopic (exact) mass is 174 g/mol. The number of hydrogen-bond acceptors (Lipinski definition) is 0. The van der Waals surface area contributed by atoms with Crippen LogP contribution in [0.25, 0.3) is 0 Å². The van der Waals surface area contributed by atoms with Gasteiger partial charge >= 0.3 is 0 Å². The van der Waals surface area contributed by atoms with Gasteiger partial charge in [-0.1, -0.05) is 50.9 Å². The van der Waals surface area contributed by atoms with Crippen LogP contribution < -0.4 is 0 Å². The van der Waals surface area contributed by atoms with Gasteiger partial charge in [0.15, 0.2) is 0 Å². The minimum atomic E-state index is 0.418. The van der Waals surface area contributed by atoms with Crippen LogP contribution in [0.2, 0.25) is 24.2 Å². The van der Waals surface area contributed by atoms with E-state index in [-0.39, 0.29) is 0 Å². The second kappa shape index (κ2) is 9.43. The van der Waals surface area contributed by atoms with E-state index in [1.54, 1.807) is 24.2 Å². The molecule has 0 fully saturated rings. The van der Waals surface area contributed by atoms with Crippen molar-refractivity contribution in [2.45, 2.75) is 50.9 Å². The van der Waals surface area contributed by atoms with Gasteiger partial charge in [0.1, 0.15) is 0 Å². The molecule has 0 N–H and O–H groups in total. The topological polar surface area (TPSA) is 0 Å². The molecule has 0 atom stereocenters. The Kier molecular flexibility index (Phi) is 9.84. The summed E-state index contributed by atoms with van der Waals surface area (Å²) in [4.78, 5) is 0. The van der Waals surface area contributed by atoms with Crippen LogP contribution in [0, 0.1) is 0 Å². The lowest BCUT2D eigenvalue weighted by Gasteiger charge is -1.96. The maximum Gasteiger partial charge on any atom is 0.0194 e. The lowest BCUT2D eigenvalue weighted by Crippen LogP contribution is -1.92. The van der Waals surface area contributed by atoms with E-state index in [2.05, 4.69) is 13.8 Å². The third kappa shape index (κ3) is 8.43. The highest BCUT2D eigenvalue weighted by Gasteiger charge is 1.89. The first-order valence-corrected chi connectivity index (χ1v) is 8.91. The smallest absolute Gasteiger partial charge is 0.0194 e. The lowest BCUT2D eigenvalue weighted by atomic mass is 10.6. The summed E-state index contributed by atoms with van der Waals surface area (Å²) in [6, 6.07) is 6.53. The summed E-state index contributed by atoms with van der Waals surface area (Å²) in [6.45, 7) is 4.63. The third-order valence-corrected chi connectivity index (χ3v) is 7.37. The fourth-order valence-corrected chi connectivity index (χ4v) is 5.74. The minimum Gasteiger partial charge on any atom is -0.0657 e. The quantitative estimate of drug-likeness (QED) is 0.408. The molecular weight excluding hydrogens is 152 g/mol. The summed E-state index contributed by atoms with van der Waals surface area (Å²) in [6.07, 6.45) is 2.89. The van der Waals surface area contributed by atoms with E-state index < -0.39 is 0 Å². The van der Waals surface area contributed by atoms with E-state index in [0.29, 0.717) is 19.0 Å². The van der Waals surface area contributed by atoms with Crippen LogP contribution in [0.1, 0.15) is 26.7 Å². The van der Waals surface area contributed by atoms with Gasteiger partial charge in [-0.15, -0.1) is 0 Å². The molecule has 0 bridgehead atoms. The second-order valence-electron chi connectivity index (χ2n) is 3.12. The van der Waals surface area contributed by atoms with Gasteiger partial charge in [0.25, 0.3) is 0 Å². The van der Waals surface area contributed by atoms with Gasteiger partial charge in [0.05, 0.1) is 0 Å². The van der Waals surface area contributed by atoms with Gasteiger partial charge in [0, 0.05) is 19.0 Å². The average molecular weight is 174 g/mol. The van der Waals surface area contributed by atoms with Crippen molar-refractivity contribution in [2.24, 2.45) is 0 Å². The molecule has 2 heteroatoms. The number of rotatable bonds is 7. The first kappa shape index (κ1) is 10.4. The Bertz CT molecular complexity index is 47.2. The van der Waals surface area contributed by atoms with E-state index in [9.17, 15) is 0 Å². The molecule has 0 aliphatic heterocycles. The van der Waals surface area contributed by atoms with Crippen molar-refractivity contribution in [1.29, 1.82) is 0 Å². The van der Waals surface area contributed by atoms with Crippen LogP contribution in [-0.4, -0.2) is 19.0 Å². The zero-order chi connectivity index (χ0) is 7.66. The number of hydrogen-bond donors (Lipinski definition) is 0. The van der Waals surface area contributed by atoms with Crippen LogP contribution in [0.15, 0.2) is 0 Å². The van der Waals surface area contributed by atoms with E-state index >= 15 is 0 Å². The van der Waals surface area contributed by atoms with Gasteiger partial charge < -0.3 is 0 Å². The molecule has 0 amide bonds. The maximum absolute atomic E-state index is 2.32. The molecule has 0 rings (SSSR count). The zero-order valence-corrected chi connectivity index (χ0v) is 10.5. The summed E-state index contributed by atoms with van der Waals surface area (Å²) in [5.41, 5.74) is 0. The summed E-state index contributed by atoms with van der Waals surface area (Å²) < 4.78 is 0. The molecule has 10 heavy (non-hydrogen) atoms. The second-order valence-corrected chi connectivity index (χ2v) is 7.36. The molecule has 0 aliphatic rings. The highest BCUT2D eigenvalue weighted by atomic mass is 28.2. The molecule has 0 spiro atoms. The zero-order valence-electron chi connectivity index (χ0n) is 7.66. The van der Waals surface area contributed by atoms with Crippen LogP contribution >= 0.6 is 0 Å². The van der Waals surface area contributed by atoms with Crippen molar-refractivity contribution in [3.05, 3.63) is 0 Å². The molecule has 0 heterocycles. The van der Waals surface area contributed by atoms with Crippen molar-refractivity contribution in [2.75, 3.05) is 0 Å². The van der Waals surface area contributed by atoms with Crippen LogP contribution in [0.4, 0.5) is 0 Å². The van der Waals surface area contributed by atoms with Crippen molar-refractivity contribution in [1.82, 2.24) is 0 Å². The Morgan fingerprint density at radius 2 is 1.10 bits per heavy atom. The minimum absolute atomic E-state index is 0.418. The highest BCUT2D eigenvalue weighted by molar-refractivity contribution is 6.41. The summed E-state index contributed by atoms with van der Waals surface area (Å²) >= 11 is 0. The van der Waals surface area contributed by atoms with Crippen molar-refractivity contribution in [3.8, 4) is 0 Å². The van der Waals surface area contributed by atoms with Crippen LogP contribution in [0.3, 0.4) is 0 Å². The largest absolute Gasteiger partial charge is 0.0657 e. The molecule has 0 saturated heterocycles. The van der Waals surface area contributed by atoms with Gasteiger partial charge in [-0.25, -0.2) is 0 Å². The standard InChI is InChI=1S/C8H22Si2/c1-3-5-9-7-8-10-6-4-2/h3-10H2,1-2H3. The molecule has 0 aliphatic carbocycles. The fraction of sp³-hybridized carbons (Fsp3) is 1.00. The average Bonchev–Trinajstić information content (AvgIpc) is 1.97.